The first-order valence-electron chi connectivity index (χ1n) is 7.84. The van der Waals surface area contributed by atoms with Gasteiger partial charge in [-0.25, -0.2) is 0 Å². The molecule has 0 aliphatic carbocycles. The van der Waals surface area contributed by atoms with E-state index in [0.717, 1.165) is 18.5 Å². The van der Waals surface area contributed by atoms with Crippen molar-refractivity contribution >= 4 is 41.5 Å². The van der Waals surface area contributed by atoms with Crippen molar-refractivity contribution in [2.45, 2.75) is 26.3 Å². The minimum Gasteiger partial charge on any atom is -0.370 e. The van der Waals surface area contributed by atoms with Gasteiger partial charge >= 0.3 is 0 Å². The molecule has 1 atom stereocenters. The monoisotopic (exact) mass is 461 g/mol. The smallest absolute Gasteiger partial charge is 0.188 e. The molecule has 5 nitrogen and oxygen atoms in total. The lowest BCUT2D eigenvalue weighted by molar-refractivity contribution is 0.530. The average Bonchev–Trinajstić information content (AvgIpc) is 3.03. The van der Waals surface area contributed by atoms with Gasteiger partial charge in [0.1, 0.15) is 0 Å². The first kappa shape index (κ1) is 20.8. The van der Waals surface area contributed by atoms with Crippen molar-refractivity contribution in [3.05, 3.63) is 53.3 Å². The van der Waals surface area contributed by atoms with Crippen molar-refractivity contribution < 1.29 is 0 Å². The van der Waals surface area contributed by atoms with Crippen LogP contribution in [0.25, 0.3) is 0 Å². The van der Waals surface area contributed by atoms with Gasteiger partial charge in [-0.05, 0) is 36.1 Å². The number of benzene rings is 1. The Morgan fingerprint density at radius 1 is 1.33 bits per heavy atom. The summed E-state index contributed by atoms with van der Waals surface area (Å²) >= 11 is 5.97. The summed E-state index contributed by atoms with van der Waals surface area (Å²) in [6.07, 6.45) is 4.75. The fourth-order valence-corrected chi connectivity index (χ4v) is 2.35. The number of aromatic nitrogens is 2. The molecule has 0 saturated heterocycles. The van der Waals surface area contributed by atoms with E-state index < -0.39 is 0 Å². The lowest BCUT2D eigenvalue weighted by Gasteiger charge is -2.17. The quantitative estimate of drug-likeness (QED) is 0.375. The average molecular weight is 462 g/mol. The van der Waals surface area contributed by atoms with Gasteiger partial charge in [-0.3, -0.25) is 9.67 Å². The molecule has 0 fully saturated rings. The molecule has 1 aromatic heterocycles. The first-order chi connectivity index (χ1) is 11.1. The largest absolute Gasteiger partial charge is 0.370 e. The van der Waals surface area contributed by atoms with Gasteiger partial charge in [0, 0.05) is 24.0 Å². The summed E-state index contributed by atoms with van der Waals surface area (Å²) in [6, 6.07) is 9.63. The molecule has 1 heterocycles. The maximum Gasteiger partial charge on any atom is 0.188 e. The summed E-state index contributed by atoms with van der Waals surface area (Å²) in [4.78, 5) is 4.47. The molecule has 24 heavy (non-hydrogen) atoms. The molecule has 1 aromatic carbocycles. The summed E-state index contributed by atoms with van der Waals surface area (Å²) in [6.45, 7) is 5.72. The Morgan fingerprint density at radius 2 is 2.04 bits per heavy atom. The van der Waals surface area contributed by atoms with Crippen LogP contribution < -0.4 is 11.1 Å². The van der Waals surface area contributed by atoms with Gasteiger partial charge in [0.2, 0.25) is 0 Å². The molecular weight excluding hydrogens is 437 g/mol. The van der Waals surface area contributed by atoms with Crippen molar-refractivity contribution in [2.75, 3.05) is 13.1 Å². The Hall–Kier alpha value is -1.28. The lowest BCUT2D eigenvalue weighted by atomic mass is 10.1. The molecule has 0 aliphatic heterocycles. The lowest BCUT2D eigenvalue weighted by Crippen LogP contribution is -2.33. The number of hydrogen-bond acceptors (Lipinski definition) is 2. The van der Waals surface area contributed by atoms with E-state index in [1.165, 1.54) is 0 Å². The maximum absolute atomic E-state index is 5.97. The van der Waals surface area contributed by atoms with Crippen LogP contribution in [0.1, 0.15) is 31.9 Å². The van der Waals surface area contributed by atoms with Crippen LogP contribution >= 0.6 is 35.6 Å². The van der Waals surface area contributed by atoms with Crippen molar-refractivity contribution in [2.24, 2.45) is 16.6 Å². The second-order valence-electron chi connectivity index (χ2n) is 5.89. The van der Waals surface area contributed by atoms with Gasteiger partial charge in [0.05, 0.1) is 12.6 Å². The number of halogens is 2. The van der Waals surface area contributed by atoms with E-state index in [-0.39, 0.29) is 30.0 Å². The number of hydrogen-bond donors (Lipinski definition) is 2. The summed E-state index contributed by atoms with van der Waals surface area (Å²) in [5, 5.41) is 8.20. The first-order valence-corrected chi connectivity index (χ1v) is 8.22. The van der Waals surface area contributed by atoms with Gasteiger partial charge in [0.15, 0.2) is 5.96 Å². The van der Waals surface area contributed by atoms with E-state index in [0.29, 0.717) is 23.4 Å². The number of aliphatic imine (C=N–C) groups is 1. The van der Waals surface area contributed by atoms with Crippen LogP contribution in [-0.4, -0.2) is 28.8 Å². The van der Waals surface area contributed by atoms with Crippen LogP contribution in [0.2, 0.25) is 5.02 Å². The zero-order valence-corrected chi connectivity index (χ0v) is 17.1. The highest BCUT2D eigenvalue weighted by Crippen LogP contribution is 2.20. The Bertz CT molecular complexity index is 610. The minimum atomic E-state index is -0.00674. The Labute approximate surface area is 165 Å². The third-order valence-electron chi connectivity index (χ3n) is 3.56. The summed E-state index contributed by atoms with van der Waals surface area (Å²) in [5.41, 5.74) is 7.05. The molecule has 0 radical (unpaired) electrons. The van der Waals surface area contributed by atoms with Crippen molar-refractivity contribution in [1.82, 2.24) is 15.1 Å². The molecular formula is C17H25ClIN5. The van der Waals surface area contributed by atoms with Crippen LogP contribution in [0.3, 0.4) is 0 Å². The van der Waals surface area contributed by atoms with Crippen LogP contribution in [0.5, 0.6) is 0 Å². The van der Waals surface area contributed by atoms with E-state index in [1.807, 2.05) is 41.2 Å². The molecule has 0 amide bonds. The molecule has 1 unspecified atom stereocenters. The highest BCUT2D eigenvalue weighted by atomic mass is 127. The van der Waals surface area contributed by atoms with Crippen LogP contribution in [0, 0.1) is 5.92 Å². The molecule has 2 rings (SSSR count). The van der Waals surface area contributed by atoms with Crippen molar-refractivity contribution in [3.8, 4) is 0 Å². The highest BCUT2D eigenvalue weighted by Gasteiger charge is 2.13. The standard InChI is InChI=1S/C17H24ClN5.HI/c1-13(2)8-10-20-17(19)21-12-16(23-11-3-9-22-23)14-4-6-15(18)7-5-14;/h3-7,9,11,13,16H,8,10,12H2,1-2H3,(H3,19,20,21);1H. The number of nitrogens with two attached hydrogens (primary N) is 1. The normalized spacial score (nSPS) is 12.8. The summed E-state index contributed by atoms with van der Waals surface area (Å²) < 4.78 is 1.88. The van der Waals surface area contributed by atoms with E-state index in [2.05, 4.69) is 29.3 Å². The topological polar surface area (TPSA) is 68.2 Å². The van der Waals surface area contributed by atoms with E-state index in [1.54, 1.807) is 6.20 Å². The molecule has 0 bridgehead atoms. The predicted octanol–water partition coefficient (Wildman–Crippen LogP) is 3.69. The Morgan fingerprint density at radius 3 is 2.62 bits per heavy atom. The van der Waals surface area contributed by atoms with E-state index in [4.69, 9.17) is 17.3 Å². The second-order valence-corrected chi connectivity index (χ2v) is 6.33. The van der Waals surface area contributed by atoms with Gasteiger partial charge in [-0.15, -0.1) is 24.0 Å². The molecule has 0 aliphatic rings. The second kappa shape index (κ2) is 10.6. The molecule has 2 aromatic rings. The van der Waals surface area contributed by atoms with Crippen molar-refractivity contribution in [1.29, 1.82) is 0 Å². The Kier molecular flexibility index (Phi) is 9.13. The number of nitrogens with one attached hydrogen (secondary N) is 1. The number of rotatable bonds is 7. The van der Waals surface area contributed by atoms with Gasteiger partial charge < -0.3 is 11.1 Å². The predicted molar refractivity (Wildman–Crippen MR) is 111 cm³/mol. The zero-order valence-electron chi connectivity index (χ0n) is 14.0. The van der Waals surface area contributed by atoms with Crippen LogP contribution in [0.4, 0.5) is 0 Å². The summed E-state index contributed by atoms with van der Waals surface area (Å²) in [5.74, 6) is 1.11. The Balaban J connectivity index is 0.00000288. The molecule has 7 heteroatoms. The number of guanidine groups is 1. The van der Waals surface area contributed by atoms with Crippen LogP contribution in [-0.2, 0) is 0 Å². The number of nitrogens with zero attached hydrogens (tertiary/aromatic N) is 3. The fourth-order valence-electron chi connectivity index (χ4n) is 2.22. The maximum atomic E-state index is 5.97. The van der Waals surface area contributed by atoms with E-state index >= 15 is 0 Å². The van der Waals surface area contributed by atoms with Crippen molar-refractivity contribution in [3.63, 3.8) is 0 Å². The summed E-state index contributed by atoms with van der Waals surface area (Å²) in [7, 11) is 0. The molecule has 0 spiro atoms. The van der Waals surface area contributed by atoms with Gasteiger partial charge in [-0.2, -0.15) is 5.10 Å². The molecule has 0 saturated carbocycles. The van der Waals surface area contributed by atoms with Crippen LogP contribution in [0.15, 0.2) is 47.7 Å². The van der Waals surface area contributed by atoms with E-state index in [9.17, 15) is 0 Å². The van der Waals surface area contributed by atoms with Gasteiger partial charge in [-0.1, -0.05) is 37.6 Å². The fraction of sp³-hybridized carbons (Fsp3) is 0.412. The third kappa shape index (κ3) is 6.68. The molecule has 3 N–H and O–H groups in total. The minimum absolute atomic E-state index is 0. The molecule has 132 valence electrons. The third-order valence-corrected chi connectivity index (χ3v) is 3.81. The zero-order chi connectivity index (χ0) is 16.7. The van der Waals surface area contributed by atoms with Gasteiger partial charge in [0.25, 0.3) is 0 Å². The highest BCUT2D eigenvalue weighted by molar-refractivity contribution is 14.0. The SMILES string of the molecule is CC(C)CCNC(N)=NCC(c1ccc(Cl)cc1)n1cccn1.I.